The second-order valence-electron chi connectivity index (χ2n) is 7.66. The van der Waals surface area contributed by atoms with Gasteiger partial charge in [-0.15, -0.1) is 0 Å². The van der Waals surface area contributed by atoms with Gasteiger partial charge in [0.2, 0.25) is 0 Å². The molecule has 102 valence electrons. The quantitative estimate of drug-likeness (QED) is 0.712. The summed E-state index contributed by atoms with van der Waals surface area (Å²) in [6, 6.07) is 9.32. The van der Waals surface area contributed by atoms with E-state index in [9.17, 15) is 0 Å². The average molecular weight is 282 g/mol. The first-order chi connectivity index (χ1) is 8.02. The van der Waals surface area contributed by atoms with Gasteiger partial charge in [0.1, 0.15) is 0 Å². The van der Waals surface area contributed by atoms with Gasteiger partial charge < -0.3 is 0 Å². The minimum absolute atomic E-state index is 0.302. The number of hydrogen-bond acceptors (Lipinski definition) is 1. The largest absolute Gasteiger partial charge is 0.0925 e. The summed E-state index contributed by atoms with van der Waals surface area (Å²) in [5.41, 5.74) is 0.604. The van der Waals surface area contributed by atoms with Gasteiger partial charge in [0.15, 0.2) is 0 Å². The summed E-state index contributed by atoms with van der Waals surface area (Å²) in [5.74, 6) is 0. The fourth-order valence-electron chi connectivity index (χ4n) is 2.47. The number of hydrogen-bond donors (Lipinski definition) is 0. The van der Waals surface area contributed by atoms with Crippen molar-refractivity contribution < 1.29 is 0 Å². The topological polar surface area (TPSA) is 0 Å². The van der Waals surface area contributed by atoms with Gasteiger partial charge in [0, 0.05) is 0 Å². The second-order valence-corrected chi connectivity index (χ2v) is 12.7. The molecule has 1 rings (SSSR count). The zero-order chi connectivity index (χ0) is 14.0. The lowest BCUT2D eigenvalue weighted by Gasteiger charge is -2.35. The molecular weight excluding hydrogens is 255 g/mol. The Balaban J connectivity index is 3.14. The molecular formula is C16H27PS. The smallest absolute Gasteiger partial charge is 0.0142 e. The lowest BCUT2D eigenvalue weighted by atomic mass is 10.0. The molecule has 0 fully saturated rings. The van der Waals surface area contributed by atoms with E-state index in [0.717, 1.165) is 12.3 Å². The third kappa shape index (κ3) is 5.24. The van der Waals surface area contributed by atoms with Gasteiger partial charge in [-0.05, 0) is 34.5 Å². The van der Waals surface area contributed by atoms with Crippen LogP contribution in [0.3, 0.4) is 0 Å². The minimum atomic E-state index is -1.48. The molecule has 0 aliphatic rings. The van der Waals surface area contributed by atoms with Crippen LogP contribution in [0.5, 0.6) is 0 Å². The minimum Gasteiger partial charge on any atom is -0.0925 e. The number of benzene rings is 1. The Morgan fingerprint density at radius 3 is 1.56 bits per heavy atom. The average Bonchev–Trinajstić information content (AvgIpc) is 2.13. The summed E-state index contributed by atoms with van der Waals surface area (Å²) in [6.45, 7) is 13.8. The van der Waals surface area contributed by atoms with Gasteiger partial charge in [-0.1, -0.05) is 83.7 Å². The molecule has 0 spiro atoms. The Bertz CT molecular complexity index is 401. The van der Waals surface area contributed by atoms with E-state index in [1.807, 2.05) is 0 Å². The highest BCUT2D eigenvalue weighted by Crippen LogP contribution is 2.53. The first-order valence-corrected chi connectivity index (χ1v) is 9.83. The summed E-state index contributed by atoms with van der Waals surface area (Å²) in [5, 5.41) is 1.41. The second kappa shape index (κ2) is 5.47. The molecule has 0 saturated heterocycles. The van der Waals surface area contributed by atoms with Crippen LogP contribution in [0.4, 0.5) is 0 Å². The van der Waals surface area contributed by atoms with E-state index in [1.54, 1.807) is 0 Å². The summed E-state index contributed by atoms with van der Waals surface area (Å²) in [4.78, 5) is 0. The summed E-state index contributed by atoms with van der Waals surface area (Å²) >= 11 is 6.18. The van der Waals surface area contributed by atoms with Crippen LogP contribution in [0.25, 0.3) is 0 Å². The monoisotopic (exact) mass is 282 g/mol. The molecule has 0 aromatic heterocycles. The van der Waals surface area contributed by atoms with Gasteiger partial charge in [-0.3, -0.25) is 0 Å². The lowest BCUT2D eigenvalue weighted by molar-refractivity contribution is 0.459. The molecule has 1 aromatic carbocycles. The lowest BCUT2D eigenvalue weighted by Crippen LogP contribution is -2.24. The highest BCUT2D eigenvalue weighted by atomic mass is 32.4. The van der Waals surface area contributed by atoms with Gasteiger partial charge in [-0.2, -0.15) is 0 Å². The van der Waals surface area contributed by atoms with Crippen LogP contribution in [0.2, 0.25) is 0 Å². The third-order valence-corrected chi connectivity index (χ3v) is 8.25. The molecule has 0 nitrogen and oxygen atoms in total. The van der Waals surface area contributed by atoms with E-state index < -0.39 is 6.04 Å². The van der Waals surface area contributed by atoms with Crippen molar-refractivity contribution in [2.45, 2.75) is 41.5 Å². The third-order valence-electron chi connectivity index (χ3n) is 2.69. The molecule has 2 heteroatoms. The molecule has 0 aliphatic carbocycles. The zero-order valence-corrected chi connectivity index (χ0v) is 14.4. The van der Waals surface area contributed by atoms with Crippen molar-refractivity contribution in [2.75, 3.05) is 12.3 Å². The summed E-state index contributed by atoms with van der Waals surface area (Å²) < 4.78 is 0. The Labute approximate surface area is 118 Å². The Hall–Kier alpha value is -0.130. The molecule has 1 aromatic rings. The Kier molecular flexibility index (Phi) is 4.84. The van der Waals surface area contributed by atoms with Crippen LogP contribution in [0.1, 0.15) is 41.5 Å². The summed E-state index contributed by atoms with van der Waals surface area (Å²) in [6.07, 6.45) is 2.30. The molecule has 0 aliphatic heterocycles. The molecule has 0 amide bonds. The molecule has 0 radical (unpaired) electrons. The normalized spacial score (nSPS) is 13.7. The molecule has 0 unspecified atom stereocenters. The van der Waals surface area contributed by atoms with Crippen molar-refractivity contribution in [3.8, 4) is 0 Å². The van der Waals surface area contributed by atoms with E-state index in [2.05, 4.69) is 71.9 Å². The highest BCUT2D eigenvalue weighted by Gasteiger charge is 2.30. The van der Waals surface area contributed by atoms with Gasteiger partial charge in [-0.25, -0.2) is 0 Å². The van der Waals surface area contributed by atoms with Crippen molar-refractivity contribution in [3.63, 3.8) is 0 Å². The first kappa shape index (κ1) is 15.9. The fourth-order valence-corrected chi connectivity index (χ4v) is 9.42. The summed E-state index contributed by atoms with van der Waals surface area (Å²) in [7, 11) is 0. The first-order valence-electron chi connectivity index (χ1n) is 6.66. The van der Waals surface area contributed by atoms with Gasteiger partial charge in [0.25, 0.3) is 0 Å². The van der Waals surface area contributed by atoms with Crippen LogP contribution in [0, 0.1) is 10.8 Å². The standard InChI is InChI=1S/C16H27PS/c1-15(2,3)12-17(18,13-16(4,5)6)14-10-8-7-9-11-14/h7-11H,12-13H2,1-6H3. The van der Waals surface area contributed by atoms with Crippen LogP contribution in [-0.2, 0) is 11.8 Å². The van der Waals surface area contributed by atoms with Crippen molar-refractivity contribution in [1.82, 2.24) is 0 Å². The van der Waals surface area contributed by atoms with Crippen LogP contribution >= 0.6 is 6.04 Å². The molecule has 18 heavy (non-hydrogen) atoms. The Morgan fingerprint density at radius 2 is 1.22 bits per heavy atom. The molecule has 0 bridgehead atoms. The Morgan fingerprint density at radius 1 is 0.833 bits per heavy atom. The van der Waals surface area contributed by atoms with Crippen molar-refractivity contribution in [3.05, 3.63) is 30.3 Å². The maximum Gasteiger partial charge on any atom is -0.0142 e. The molecule has 0 N–H and O–H groups in total. The zero-order valence-electron chi connectivity index (χ0n) is 12.7. The van der Waals surface area contributed by atoms with E-state index in [1.165, 1.54) is 5.30 Å². The molecule has 0 atom stereocenters. The van der Waals surface area contributed by atoms with Gasteiger partial charge in [0.05, 0.1) is 0 Å². The fraction of sp³-hybridized carbons (Fsp3) is 0.625. The number of rotatable bonds is 3. The van der Waals surface area contributed by atoms with Crippen molar-refractivity contribution in [2.24, 2.45) is 10.8 Å². The predicted octanol–water partition coefficient (Wildman–Crippen LogP) is 4.88. The van der Waals surface area contributed by atoms with E-state index in [0.29, 0.717) is 10.8 Å². The van der Waals surface area contributed by atoms with E-state index >= 15 is 0 Å². The molecule has 0 heterocycles. The van der Waals surface area contributed by atoms with Crippen molar-refractivity contribution in [1.29, 1.82) is 0 Å². The van der Waals surface area contributed by atoms with E-state index in [4.69, 9.17) is 11.8 Å². The predicted molar refractivity (Wildman–Crippen MR) is 89.0 cm³/mol. The maximum atomic E-state index is 6.18. The van der Waals surface area contributed by atoms with Gasteiger partial charge >= 0.3 is 0 Å². The molecule has 0 saturated carbocycles. The maximum absolute atomic E-state index is 6.18. The van der Waals surface area contributed by atoms with Crippen LogP contribution in [-0.4, -0.2) is 12.3 Å². The van der Waals surface area contributed by atoms with Crippen LogP contribution in [0.15, 0.2) is 30.3 Å². The van der Waals surface area contributed by atoms with Crippen LogP contribution < -0.4 is 5.30 Å². The SMILES string of the molecule is CC(C)(C)CP(=S)(CC(C)(C)C)c1ccccc1. The van der Waals surface area contributed by atoms with E-state index in [-0.39, 0.29) is 0 Å². The highest BCUT2D eigenvalue weighted by molar-refractivity contribution is 8.18. The van der Waals surface area contributed by atoms with Crippen molar-refractivity contribution >= 4 is 23.1 Å².